The van der Waals surface area contributed by atoms with Crippen molar-refractivity contribution in [2.24, 2.45) is 5.92 Å². The predicted molar refractivity (Wildman–Crippen MR) is 75.9 cm³/mol. The van der Waals surface area contributed by atoms with E-state index in [-0.39, 0.29) is 18.0 Å². The number of hydrogen-bond acceptors (Lipinski definition) is 1. The lowest BCUT2D eigenvalue weighted by Crippen LogP contribution is -2.17. The van der Waals surface area contributed by atoms with Gasteiger partial charge in [0.25, 0.3) is 0 Å². The molecule has 1 aromatic rings. The number of hydrogen-bond donors (Lipinski definition) is 1. The molecular formula is C16H20F3NO. The highest BCUT2D eigenvalue weighted by atomic mass is 19.4. The lowest BCUT2D eigenvalue weighted by molar-refractivity contribution is -0.137. The Balaban J connectivity index is 1.90. The van der Waals surface area contributed by atoms with Crippen molar-refractivity contribution >= 4 is 11.6 Å². The molecule has 5 heteroatoms. The van der Waals surface area contributed by atoms with Crippen LogP contribution in [0.3, 0.4) is 0 Å². The van der Waals surface area contributed by atoms with E-state index in [0.29, 0.717) is 5.92 Å². The van der Waals surface area contributed by atoms with E-state index in [9.17, 15) is 18.0 Å². The normalized spacial score (nSPS) is 16.7. The van der Waals surface area contributed by atoms with E-state index >= 15 is 0 Å². The molecule has 116 valence electrons. The largest absolute Gasteiger partial charge is 0.418 e. The molecule has 1 fully saturated rings. The number of anilines is 1. The van der Waals surface area contributed by atoms with Gasteiger partial charge in [0.05, 0.1) is 11.3 Å². The maximum absolute atomic E-state index is 12.8. The van der Waals surface area contributed by atoms with Crippen molar-refractivity contribution in [2.75, 3.05) is 5.32 Å². The molecule has 1 N–H and O–H groups in total. The topological polar surface area (TPSA) is 29.1 Å². The summed E-state index contributed by atoms with van der Waals surface area (Å²) in [5, 5.41) is 2.40. The summed E-state index contributed by atoms with van der Waals surface area (Å²) in [7, 11) is 0. The summed E-state index contributed by atoms with van der Waals surface area (Å²) in [6, 6.07) is 5.09. The molecule has 0 aromatic heterocycles. The molecule has 1 aromatic carbocycles. The maximum atomic E-state index is 12.8. The fourth-order valence-corrected chi connectivity index (χ4v) is 2.86. The Morgan fingerprint density at radius 2 is 1.81 bits per heavy atom. The van der Waals surface area contributed by atoms with E-state index in [0.717, 1.165) is 25.3 Å². The van der Waals surface area contributed by atoms with Gasteiger partial charge in [-0.05, 0) is 24.5 Å². The second-order valence-electron chi connectivity index (χ2n) is 5.63. The third-order valence-electron chi connectivity index (χ3n) is 4.01. The number of nitrogens with one attached hydrogen (secondary N) is 1. The fourth-order valence-electron chi connectivity index (χ4n) is 2.86. The highest BCUT2D eigenvalue weighted by Crippen LogP contribution is 2.34. The van der Waals surface area contributed by atoms with Crippen LogP contribution in [0.5, 0.6) is 0 Å². The number of rotatable bonds is 4. The van der Waals surface area contributed by atoms with Gasteiger partial charge in [-0.1, -0.05) is 44.2 Å². The molecule has 2 rings (SSSR count). The number of para-hydroxylation sites is 1. The fraction of sp³-hybridized carbons (Fsp3) is 0.562. The first-order valence-corrected chi connectivity index (χ1v) is 7.43. The Labute approximate surface area is 122 Å². The van der Waals surface area contributed by atoms with Crippen molar-refractivity contribution in [3.05, 3.63) is 29.8 Å². The number of halogens is 3. The highest BCUT2D eigenvalue weighted by molar-refractivity contribution is 5.91. The third-order valence-corrected chi connectivity index (χ3v) is 4.01. The summed E-state index contributed by atoms with van der Waals surface area (Å²) in [5.41, 5.74) is -0.949. The summed E-state index contributed by atoms with van der Waals surface area (Å²) < 4.78 is 38.5. The predicted octanol–water partition coefficient (Wildman–Crippen LogP) is 5.00. The molecule has 1 aliphatic carbocycles. The molecule has 0 bridgehead atoms. The van der Waals surface area contributed by atoms with Crippen LogP contribution in [0.4, 0.5) is 18.9 Å². The lowest BCUT2D eigenvalue weighted by Gasteiger charge is -2.21. The van der Waals surface area contributed by atoms with E-state index in [1.807, 2.05) is 0 Å². The molecule has 0 aliphatic heterocycles. The Hall–Kier alpha value is -1.52. The third kappa shape index (κ3) is 4.76. The zero-order valence-electron chi connectivity index (χ0n) is 11.9. The van der Waals surface area contributed by atoms with Crippen LogP contribution in [0.15, 0.2) is 24.3 Å². The van der Waals surface area contributed by atoms with Gasteiger partial charge in [-0.15, -0.1) is 0 Å². The quantitative estimate of drug-likeness (QED) is 0.832. The van der Waals surface area contributed by atoms with E-state index < -0.39 is 11.7 Å². The van der Waals surface area contributed by atoms with Gasteiger partial charge in [0.2, 0.25) is 5.91 Å². The van der Waals surface area contributed by atoms with Crippen molar-refractivity contribution in [2.45, 2.75) is 51.1 Å². The first-order chi connectivity index (χ1) is 9.97. The molecule has 0 spiro atoms. The van der Waals surface area contributed by atoms with Crippen molar-refractivity contribution in [1.82, 2.24) is 0 Å². The van der Waals surface area contributed by atoms with Gasteiger partial charge in [-0.25, -0.2) is 0 Å². The summed E-state index contributed by atoms with van der Waals surface area (Å²) >= 11 is 0. The monoisotopic (exact) mass is 299 g/mol. The van der Waals surface area contributed by atoms with E-state index in [1.54, 1.807) is 0 Å². The van der Waals surface area contributed by atoms with Gasteiger partial charge in [-0.2, -0.15) is 13.2 Å². The zero-order valence-corrected chi connectivity index (χ0v) is 11.9. The maximum Gasteiger partial charge on any atom is 0.418 e. The molecule has 1 amide bonds. The number of amides is 1. The van der Waals surface area contributed by atoms with Crippen LogP contribution in [-0.2, 0) is 11.0 Å². The zero-order chi connectivity index (χ0) is 15.3. The van der Waals surface area contributed by atoms with Gasteiger partial charge in [0, 0.05) is 6.42 Å². The number of alkyl halides is 3. The van der Waals surface area contributed by atoms with Crippen molar-refractivity contribution in [1.29, 1.82) is 0 Å². The Morgan fingerprint density at radius 1 is 1.14 bits per heavy atom. The first kappa shape index (κ1) is 15.9. The minimum absolute atomic E-state index is 0.154. The minimum Gasteiger partial charge on any atom is -0.326 e. The van der Waals surface area contributed by atoms with Gasteiger partial charge < -0.3 is 5.32 Å². The Bertz CT molecular complexity index is 479. The summed E-state index contributed by atoms with van der Waals surface area (Å²) in [4.78, 5) is 11.9. The van der Waals surface area contributed by atoms with Crippen molar-refractivity contribution < 1.29 is 18.0 Å². The molecule has 1 saturated carbocycles. The second-order valence-corrected chi connectivity index (χ2v) is 5.63. The molecule has 21 heavy (non-hydrogen) atoms. The van der Waals surface area contributed by atoms with Crippen molar-refractivity contribution in [3.63, 3.8) is 0 Å². The Morgan fingerprint density at radius 3 is 2.48 bits per heavy atom. The smallest absolute Gasteiger partial charge is 0.326 e. The standard InChI is InChI=1S/C16H20F3NO/c17-16(18,19)13-8-4-5-9-14(13)20-15(21)11-10-12-6-2-1-3-7-12/h4-5,8-9,12H,1-3,6-7,10-11H2,(H,20,21). The Kier molecular flexibility index (Phi) is 5.26. The van der Waals surface area contributed by atoms with E-state index in [4.69, 9.17) is 0 Å². The highest BCUT2D eigenvalue weighted by Gasteiger charge is 2.33. The molecule has 2 nitrogen and oxygen atoms in total. The number of carbonyl (C=O) groups is 1. The number of benzene rings is 1. The summed E-state index contributed by atoms with van der Waals surface area (Å²) in [6.07, 6.45) is 2.51. The van der Waals surface area contributed by atoms with E-state index in [2.05, 4.69) is 5.32 Å². The SMILES string of the molecule is O=C(CCC1CCCCC1)Nc1ccccc1C(F)(F)F. The van der Waals surface area contributed by atoms with Gasteiger partial charge in [-0.3, -0.25) is 4.79 Å². The van der Waals surface area contributed by atoms with Crippen LogP contribution in [0.2, 0.25) is 0 Å². The molecule has 1 aliphatic rings. The molecule has 0 radical (unpaired) electrons. The van der Waals surface area contributed by atoms with E-state index in [1.165, 1.54) is 37.5 Å². The first-order valence-electron chi connectivity index (χ1n) is 7.43. The molecule has 0 atom stereocenters. The average Bonchev–Trinajstić information content (AvgIpc) is 2.46. The molecule has 0 unspecified atom stereocenters. The lowest BCUT2D eigenvalue weighted by atomic mass is 9.86. The molecular weight excluding hydrogens is 279 g/mol. The summed E-state index contributed by atoms with van der Waals surface area (Å²) in [6.45, 7) is 0. The van der Waals surface area contributed by atoms with Gasteiger partial charge in [0.1, 0.15) is 0 Å². The van der Waals surface area contributed by atoms with Crippen LogP contribution in [0.25, 0.3) is 0 Å². The van der Waals surface area contributed by atoms with Crippen LogP contribution in [0.1, 0.15) is 50.5 Å². The van der Waals surface area contributed by atoms with Crippen LogP contribution >= 0.6 is 0 Å². The van der Waals surface area contributed by atoms with Crippen LogP contribution < -0.4 is 5.32 Å². The van der Waals surface area contributed by atoms with Crippen LogP contribution in [-0.4, -0.2) is 5.91 Å². The van der Waals surface area contributed by atoms with Crippen molar-refractivity contribution in [3.8, 4) is 0 Å². The average molecular weight is 299 g/mol. The molecule has 0 saturated heterocycles. The number of carbonyl (C=O) groups excluding carboxylic acids is 1. The molecule has 0 heterocycles. The second kappa shape index (κ2) is 6.96. The van der Waals surface area contributed by atoms with Crippen LogP contribution in [0, 0.1) is 5.92 Å². The summed E-state index contributed by atoms with van der Waals surface area (Å²) in [5.74, 6) is 0.208. The van der Waals surface area contributed by atoms with Gasteiger partial charge in [0.15, 0.2) is 0 Å². The minimum atomic E-state index is -4.45. The van der Waals surface area contributed by atoms with Gasteiger partial charge >= 0.3 is 6.18 Å².